The van der Waals surface area contributed by atoms with Crippen LogP contribution in [0.1, 0.15) is 24.4 Å². The van der Waals surface area contributed by atoms with Crippen LogP contribution in [0, 0.1) is 0 Å². The van der Waals surface area contributed by atoms with Crippen LogP contribution in [0.4, 0.5) is 5.82 Å². The molecule has 0 unspecified atom stereocenters. The summed E-state index contributed by atoms with van der Waals surface area (Å²) in [5.41, 5.74) is 6.89. The molecule has 5 heteroatoms. The van der Waals surface area contributed by atoms with Gasteiger partial charge in [0.15, 0.2) is 0 Å². The Labute approximate surface area is 106 Å². The predicted molar refractivity (Wildman–Crippen MR) is 70.1 cm³/mol. The molecule has 3 rings (SSSR count). The normalized spacial score (nSPS) is 16.4. The van der Waals surface area contributed by atoms with Crippen molar-refractivity contribution in [2.45, 2.75) is 26.1 Å². The lowest BCUT2D eigenvalue weighted by Gasteiger charge is -2.28. The van der Waals surface area contributed by atoms with Crippen molar-refractivity contribution in [3.8, 4) is 0 Å². The summed E-state index contributed by atoms with van der Waals surface area (Å²) < 4.78 is 2.19. The number of aromatic nitrogens is 3. The number of pyridine rings is 1. The molecule has 0 spiro atoms. The Hall–Kier alpha value is -1.88. The van der Waals surface area contributed by atoms with E-state index in [9.17, 15) is 0 Å². The molecular weight excluding hydrogens is 226 g/mol. The van der Waals surface area contributed by atoms with E-state index in [0.29, 0.717) is 0 Å². The molecule has 0 amide bonds. The molecule has 0 aromatic carbocycles. The van der Waals surface area contributed by atoms with E-state index in [2.05, 4.69) is 19.4 Å². The minimum absolute atomic E-state index is 0.0341. The number of nitrogens with zero attached hydrogens (tertiary/aromatic N) is 4. The van der Waals surface area contributed by atoms with Gasteiger partial charge in [0.2, 0.25) is 0 Å². The lowest BCUT2D eigenvalue weighted by molar-refractivity contribution is 0.556. The Morgan fingerprint density at radius 2 is 2.17 bits per heavy atom. The summed E-state index contributed by atoms with van der Waals surface area (Å²) in [7, 11) is 0. The topological polar surface area (TPSA) is 60.0 Å². The SMILES string of the molecule is C[C@@H](N)c1ccc(N2CCn3ccnc3C2)nc1. The van der Waals surface area contributed by atoms with Crippen molar-refractivity contribution in [2.75, 3.05) is 11.4 Å². The standard InChI is InChI=1S/C13H17N5/c1-10(14)11-2-3-12(16-8-11)18-7-6-17-5-4-15-13(17)9-18/h2-5,8,10H,6-7,9,14H2,1H3/t10-/m1/s1. The van der Waals surface area contributed by atoms with Gasteiger partial charge in [0, 0.05) is 37.7 Å². The van der Waals surface area contributed by atoms with Crippen LogP contribution in [0.3, 0.4) is 0 Å². The van der Waals surface area contributed by atoms with E-state index >= 15 is 0 Å². The van der Waals surface area contributed by atoms with Gasteiger partial charge in [0.1, 0.15) is 11.6 Å². The van der Waals surface area contributed by atoms with Gasteiger partial charge in [-0.25, -0.2) is 9.97 Å². The molecule has 1 atom stereocenters. The Balaban J connectivity index is 1.80. The summed E-state index contributed by atoms with van der Waals surface area (Å²) in [5, 5.41) is 0. The minimum atomic E-state index is 0.0341. The molecule has 2 aromatic heterocycles. The van der Waals surface area contributed by atoms with Crippen molar-refractivity contribution in [2.24, 2.45) is 5.73 Å². The summed E-state index contributed by atoms with van der Waals surface area (Å²) in [6.07, 6.45) is 5.74. The summed E-state index contributed by atoms with van der Waals surface area (Å²) >= 11 is 0. The first kappa shape index (κ1) is 11.2. The van der Waals surface area contributed by atoms with Gasteiger partial charge in [-0.1, -0.05) is 6.07 Å². The molecule has 0 saturated carbocycles. The van der Waals surface area contributed by atoms with Crippen LogP contribution in [0.15, 0.2) is 30.7 Å². The lowest BCUT2D eigenvalue weighted by Crippen LogP contribution is -2.34. The van der Waals surface area contributed by atoms with Gasteiger partial charge in [0.05, 0.1) is 6.54 Å². The quantitative estimate of drug-likeness (QED) is 0.864. The smallest absolute Gasteiger partial charge is 0.128 e. The average molecular weight is 243 g/mol. The van der Waals surface area contributed by atoms with Crippen LogP contribution >= 0.6 is 0 Å². The molecule has 3 heterocycles. The molecule has 0 radical (unpaired) electrons. The molecule has 2 aromatic rings. The Morgan fingerprint density at radius 3 is 2.89 bits per heavy atom. The van der Waals surface area contributed by atoms with Crippen molar-refractivity contribution in [3.05, 3.63) is 42.1 Å². The maximum Gasteiger partial charge on any atom is 0.128 e. The fourth-order valence-corrected chi connectivity index (χ4v) is 2.22. The minimum Gasteiger partial charge on any atom is -0.347 e. The second-order valence-electron chi connectivity index (χ2n) is 4.70. The molecule has 0 aliphatic carbocycles. The van der Waals surface area contributed by atoms with Crippen molar-refractivity contribution in [1.29, 1.82) is 0 Å². The maximum absolute atomic E-state index is 5.82. The summed E-state index contributed by atoms with van der Waals surface area (Å²) in [6.45, 7) is 4.71. The highest BCUT2D eigenvalue weighted by atomic mass is 15.3. The fourth-order valence-electron chi connectivity index (χ4n) is 2.22. The first-order chi connectivity index (χ1) is 8.74. The highest BCUT2D eigenvalue weighted by Gasteiger charge is 2.17. The van der Waals surface area contributed by atoms with Crippen LogP contribution in [0.2, 0.25) is 0 Å². The monoisotopic (exact) mass is 243 g/mol. The maximum atomic E-state index is 5.82. The van der Waals surface area contributed by atoms with Crippen molar-refractivity contribution < 1.29 is 0 Å². The van der Waals surface area contributed by atoms with Gasteiger partial charge >= 0.3 is 0 Å². The lowest BCUT2D eigenvalue weighted by atomic mass is 10.1. The third kappa shape index (κ3) is 1.97. The third-order valence-electron chi connectivity index (χ3n) is 3.37. The number of fused-ring (bicyclic) bond motifs is 1. The molecule has 2 N–H and O–H groups in total. The molecule has 1 aliphatic heterocycles. The average Bonchev–Trinajstić information content (AvgIpc) is 2.86. The molecule has 5 nitrogen and oxygen atoms in total. The van der Waals surface area contributed by atoms with Crippen LogP contribution in [-0.4, -0.2) is 21.1 Å². The zero-order chi connectivity index (χ0) is 12.5. The number of hydrogen-bond acceptors (Lipinski definition) is 4. The van der Waals surface area contributed by atoms with E-state index in [4.69, 9.17) is 5.73 Å². The molecule has 18 heavy (non-hydrogen) atoms. The largest absolute Gasteiger partial charge is 0.347 e. The number of nitrogens with two attached hydrogens (primary N) is 1. The molecule has 0 saturated heterocycles. The molecule has 0 fully saturated rings. The highest BCUT2D eigenvalue weighted by molar-refractivity contribution is 5.40. The second-order valence-corrected chi connectivity index (χ2v) is 4.70. The molecule has 1 aliphatic rings. The second kappa shape index (κ2) is 4.42. The van der Waals surface area contributed by atoms with Crippen LogP contribution in [-0.2, 0) is 13.1 Å². The van der Waals surface area contributed by atoms with Gasteiger partial charge < -0.3 is 15.2 Å². The number of rotatable bonds is 2. The number of hydrogen-bond donors (Lipinski definition) is 1. The van der Waals surface area contributed by atoms with E-state index in [-0.39, 0.29) is 6.04 Å². The van der Waals surface area contributed by atoms with E-state index in [1.54, 1.807) is 0 Å². The van der Waals surface area contributed by atoms with Gasteiger partial charge in [-0.05, 0) is 18.6 Å². The van der Waals surface area contributed by atoms with Gasteiger partial charge in [0.25, 0.3) is 0 Å². The van der Waals surface area contributed by atoms with Crippen molar-refractivity contribution in [1.82, 2.24) is 14.5 Å². The fraction of sp³-hybridized carbons (Fsp3) is 0.385. The zero-order valence-electron chi connectivity index (χ0n) is 10.5. The molecular formula is C13H17N5. The van der Waals surface area contributed by atoms with Gasteiger partial charge in [-0.15, -0.1) is 0 Å². The Morgan fingerprint density at radius 1 is 1.28 bits per heavy atom. The van der Waals surface area contributed by atoms with E-state index < -0.39 is 0 Å². The van der Waals surface area contributed by atoms with Crippen LogP contribution in [0.25, 0.3) is 0 Å². The summed E-state index contributed by atoms with van der Waals surface area (Å²) in [4.78, 5) is 11.1. The van der Waals surface area contributed by atoms with E-state index in [1.807, 2.05) is 37.6 Å². The van der Waals surface area contributed by atoms with Gasteiger partial charge in [-0.3, -0.25) is 0 Å². The predicted octanol–water partition coefficient (Wildman–Crippen LogP) is 1.32. The van der Waals surface area contributed by atoms with Gasteiger partial charge in [-0.2, -0.15) is 0 Å². The highest BCUT2D eigenvalue weighted by Crippen LogP contribution is 2.19. The number of imidazole rings is 1. The van der Waals surface area contributed by atoms with Crippen LogP contribution < -0.4 is 10.6 Å². The van der Waals surface area contributed by atoms with Crippen LogP contribution in [0.5, 0.6) is 0 Å². The zero-order valence-corrected chi connectivity index (χ0v) is 10.5. The number of anilines is 1. The molecule has 94 valence electrons. The first-order valence-corrected chi connectivity index (χ1v) is 6.20. The summed E-state index contributed by atoms with van der Waals surface area (Å²) in [5.74, 6) is 2.09. The van der Waals surface area contributed by atoms with E-state index in [1.165, 1.54) is 0 Å². The molecule has 0 bridgehead atoms. The third-order valence-corrected chi connectivity index (χ3v) is 3.37. The Bertz CT molecular complexity index is 529. The Kier molecular flexibility index (Phi) is 2.76. The first-order valence-electron chi connectivity index (χ1n) is 6.20. The van der Waals surface area contributed by atoms with Crippen molar-refractivity contribution in [3.63, 3.8) is 0 Å². The summed E-state index contributed by atoms with van der Waals surface area (Å²) in [6, 6.07) is 4.12. The van der Waals surface area contributed by atoms with E-state index in [0.717, 1.165) is 36.8 Å². The van der Waals surface area contributed by atoms with Crippen molar-refractivity contribution >= 4 is 5.82 Å².